The van der Waals surface area contributed by atoms with E-state index in [2.05, 4.69) is 29.8 Å². The van der Waals surface area contributed by atoms with E-state index in [0.29, 0.717) is 12.2 Å². The van der Waals surface area contributed by atoms with Crippen LogP contribution in [0.5, 0.6) is 0 Å². The predicted molar refractivity (Wildman–Crippen MR) is 138 cm³/mol. The zero-order valence-electron chi connectivity index (χ0n) is 20.5. The number of nitrogens with zero attached hydrogens (tertiary/aromatic N) is 2. The number of carbonyl (C=O) groups excluding carboxylic acids is 2. The van der Waals surface area contributed by atoms with Crippen molar-refractivity contribution in [1.82, 2.24) is 10.6 Å². The Kier molecular flexibility index (Phi) is 7.03. The van der Waals surface area contributed by atoms with Crippen molar-refractivity contribution in [3.8, 4) is 0 Å². The maximum Gasteiger partial charge on any atom is 0.321 e. The van der Waals surface area contributed by atoms with Gasteiger partial charge in [-0.2, -0.15) is 0 Å². The normalized spacial score (nSPS) is 21.8. The standard InChI is InChI=1S/C27H35N5O2/c1-5-15-32-22-12-7-6-11-20(22)23(21-17-27(3,4)13-14-28-21)30-24(25(32)33)31-26(34)29-19-10-8-9-18(2)16-19/h6-12,16,21,24,28H,5,13-15,17H2,1-4H3,(H2,29,31,34)/t21-,24+/m0/s1. The van der Waals surface area contributed by atoms with Crippen molar-refractivity contribution >= 4 is 29.0 Å². The highest BCUT2D eigenvalue weighted by atomic mass is 16.2. The molecule has 0 aromatic heterocycles. The maximum atomic E-state index is 13.7. The zero-order chi connectivity index (χ0) is 24.3. The van der Waals surface area contributed by atoms with Crippen molar-refractivity contribution in [2.75, 3.05) is 23.3 Å². The molecule has 4 rings (SSSR count). The molecule has 3 amide bonds. The van der Waals surface area contributed by atoms with E-state index in [0.717, 1.165) is 48.3 Å². The van der Waals surface area contributed by atoms with Crippen LogP contribution in [0.3, 0.4) is 0 Å². The van der Waals surface area contributed by atoms with Gasteiger partial charge in [0.1, 0.15) is 0 Å². The van der Waals surface area contributed by atoms with E-state index in [9.17, 15) is 9.59 Å². The lowest BCUT2D eigenvalue weighted by Crippen LogP contribution is -2.50. The number of hydrogen-bond donors (Lipinski definition) is 3. The van der Waals surface area contributed by atoms with Gasteiger partial charge in [-0.25, -0.2) is 4.79 Å². The number of carbonyl (C=O) groups is 2. The number of rotatable bonds is 5. The highest BCUT2D eigenvalue weighted by Gasteiger charge is 2.37. The molecular formula is C27H35N5O2. The van der Waals surface area contributed by atoms with Crippen LogP contribution in [0, 0.1) is 12.3 Å². The lowest BCUT2D eigenvalue weighted by atomic mass is 9.77. The Bertz CT molecular complexity index is 1090. The van der Waals surface area contributed by atoms with Crippen LogP contribution >= 0.6 is 0 Å². The molecule has 2 aliphatic rings. The molecule has 2 atom stereocenters. The van der Waals surface area contributed by atoms with Crippen molar-refractivity contribution in [3.63, 3.8) is 0 Å². The summed E-state index contributed by atoms with van der Waals surface area (Å²) in [6.45, 7) is 9.98. The number of hydrogen-bond acceptors (Lipinski definition) is 4. The summed E-state index contributed by atoms with van der Waals surface area (Å²) in [5.41, 5.74) is 4.50. The monoisotopic (exact) mass is 461 g/mol. The largest absolute Gasteiger partial charge is 0.321 e. The van der Waals surface area contributed by atoms with Gasteiger partial charge in [-0.15, -0.1) is 0 Å². The fraction of sp³-hybridized carbons (Fsp3) is 0.444. The molecule has 7 nitrogen and oxygen atoms in total. The van der Waals surface area contributed by atoms with Crippen LogP contribution in [0.25, 0.3) is 0 Å². The molecular weight excluding hydrogens is 426 g/mol. The van der Waals surface area contributed by atoms with E-state index in [4.69, 9.17) is 4.99 Å². The number of aliphatic imine (C=N–C) groups is 1. The molecule has 2 aliphatic heterocycles. The molecule has 7 heteroatoms. The van der Waals surface area contributed by atoms with Gasteiger partial charge in [0.2, 0.25) is 6.17 Å². The first-order valence-electron chi connectivity index (χ1n) is 12.1. The Hall–Kier alpha value is -3.19. The van der Waals surface area contributed by atoms with Gasteiger partial charge < -0.3 is 20.9 Å². The van der Waals surface area contributed by atoms with E-state index in [1.807, 2.05) is 62.4 Å². The Balaban J connectivity index is 1.69. The van der Waals surface area contributed by atoms with Crippen LogP contribution in [-0.2, 0) is 4.79 Å². The van der Waals surface area contributed by atoms with Crippen LogP contribution in [0.2, 0.25) is 0 Å². The highest BCUT2D eigenvalue weighted by Crippen LogP contribution is 2.34. The van der Waals surface area contributed by atoms with Gasteiger partial charge in [0.15, 0.2) is 0 Å². The molecule has 0 spiro atoms. The molecule has 0 saturated carbocycles. The van der Waals surface area contributed by atoms with E-state index in [-0.39, 0.29) is 17.4 Å². The summed E-state index contributed by atoms with van der Waals surface area (Å²) in [7, 11) is 0. The zero-order valence-corrected chi connectivity index (χ0v) is 20.5. The minimum absolute atomic E-state index is 0.00316. The molecule has 0 unspecified atom stereocenters. The summed E-state index contributed by atoms with van der Waals surface area (Å²) in [5.74, 6) is -0.223. The van der Waals surface area contributed by atoms with E-state index in [1.54, 1.807) is 4.90 Å². The third-order valence-electron chi connectivity index (χ3n) is 6.51. The molecule has 1 fully saturated rings. The summed E-state index contributed by atoms with van der Waals surface area (Å²) in [5, 5.41) is 9.28. The van der Waals surface area contributed by atoms with Crippen LogP contribution in [-0.4, -0.2) is 42.9 Å². The van der Waals surface area contributed by atoms with E-state index >= 15 is 0 Å². The summed E-state index contributed by atoms with van der Waals surface area (Å²) >= 11 is 0. The number of fused-ring (bicyclic) bond motifs is 1. The van der Waals surface area contributed by atoms with Crippen molar-refractivity contribution in [2.45, 2.75) is 59.2 Å². The lowest BCUT2D eigenvalue weighted by Gasteiger charge is -2.37. The second kappa shape index (κ2) is 9.97. The molecule has 0 aliphatic carbocycles. The van der Waals surface area contributed by atoms with Crippen molar-refractivity contribution in [2.24, 2.45) is 10.4 Å². The van der Waals surface area contributed by atoms with Gasteiger partial charge in [0.05, 0.1) is 17.4 Å². The molecule has 3 N–H and O–H groups in total. The summed E-state index contributed by atoms with van der Waals surface area (Å²) in [4.78, 5) is 33.2. The number of anilines is 2. The molecule has 2 aromatic carbocycles. The number of amides is 3. The summed E-state index contributed by atoms with van der Waals surface area (Å²) < 4.78 is 0. The first kappa shape index (κ1) is 24.0. The summed E-state index contributed by atoms with van der Waals surface area (Å²) in [6, 6.07) is 15.0. The average molecular weight is 462 g/mol. The second-order valence-corrected chi connectivity index (χ2v) is 10.0. The first-order chi connectivity index (χ1) is 16.3. The molecule has 34 heavy (non-hydrogen) atoms. The fourth-order valence-electron chi connectivity index (χ4n) is 4.80. The van der Waals surface area contributed by atoms with Crippen LogP contribution in [0.4, 0.5) is 16.2 Å². The number of benzene rings is 2. The number of piperidine rings is 1. The highest BCUT2D eigenvalue weighted by molar-refractivity contribution is 6.15. The molecule has 2 heterocycles. The third kappa shape index (κ3) is 5.30. The number of para-hydroxylation sites is 1. The van der Waals surface area contributed by atoms with Gasteiger partial charge in [-0.05, 0) is 61.9 Å². The van der Waals surface area contributed by atoms with Crippen LogP contribution in [0.1, 0.15) is 51.2 Å². The Morgan fingerprint density at radius 2 is 2.00 bits per heavy atom. The number of nitrogens with one attached hydrogen (secondary N) is 3. The van der Waals surface area contributed by atoms with E-state index < -0.39 is 12.2 Å². The Morgan fingerprint density at radius 3 is 2.74 bits per heavy atom. The molecule has 1 saturated heterocycles. The van der Waals surface area contributed by atoms with Gasteiger partial charge >= 0.3 is 6.03 Å². The van der Waals surface area contributed by atoms with Crippen LogP contribution in [0.15, 0.2) is 53.5 Å². The van der Waals surface area contributed by atoms with Gasteiger partial charge in [0, 0.05) is 17.8 Å². The average Bonchev–Trinajstić information content (AvgIpc) is 2.89. The minimum Gasteiger partial charge on any atom is -0.309 e. The first-order valence-corrected chi connectivity index (χ1v) is 12.1. The number of aryl methyl sites for hydroxylation is 1. The molecule has 0 radical (unpaired) electrons. The van der Waals surface area contributed by atoms with Crippen molar-refractivity contribution < 1.29 is 9.59 Å². The van der Waals surface area contributed by atoms with Crippen molar-refractivity contribution in [1.29, 1.82) is 0 Å². The Morgan fingerprint density at radius 1 is 1.21 bits per heavy atom. The van der Waals surface area contributed by atoms with Crippen LogP contribution < -0.4 is 20.9 Å². The topological polar surface area (TPSA) is 85.8 Å². The van der Waals surface area contributed by atoms with Gasteiger partial charge in [-0.3, -0.25) is 9.79 Å². The third-order valence-corrected chi connectivity index (χ3v) is 6.51. The quantitative estimate of drug-likeness (QED) is 0.614. The molecule has 0 bridgehead atoms. The number of urea groups is 1. The summed E-state index contributed by atoms with van der Waals surface area (Å²) in [6.07, 6.45) is 1.78. The number of benzodiazepines with no additional fused rings is 1. The SMILES string of the molecule is CCCN1C(=O)[C@@H](NC(=O)Nc2cccc(C)c2)N=C([C@@H]2CC(C)(C)CCN2)c2ccccc21. The second-order valence-electron chi connectivity index (χ2n) is 10.0. The predicted octanol–water partition coefficient (Wildman–Crippen LogP) is 4.47. The molecule has 180 valence electrons. The van der Waals surface area contributed by atoms with Crippen molar-refractivity contribution in [3.05, 3.63) is 59.7 Å². The Labute approximate surface area is 202 Å². The molecule has 2 aromatic rings. The lowest BCUT2D eigenvalue weighted by molar-refractivity contribution is -0.120. The smallest absolute Gasteiger partial charge is 0.309 e. The minimum atomic E-state index is -1.01. The van der Waals surface area contributed by atoms with E-state index in [1.165, 1.54) is 0 Å². The van der Waals surface area contributed by atoms with Gasteiger partial charge in [-0.1, -0.05) is 51.1 Å². The fourth-order valence-corrected chi connectivity index (χ4v) is 4.80. The maximum absolute atomic E-state index is 13.7. The van der Waals surface area contributed by atoms with Gasteiger partial charge in [0.25, 0.3) is 5.91 Å².